The highest BCUT2D eigenvalue weighted by Gasteiger charge is 2.30. The van der Waals surface area contributed by atoms with Crippen LogP contribution in [0.2, 0.25) is 0 Å². The molecular weight excluding hydrogens is 350 g/mol. The van der Waals surface area contributed by atoms with E-state index in [0.717, 1.165) is 30.6 Å². The Hall–Kier alpha value is -1.36. The molecule has 0 radical (unpaired) electrons. The van der Waals surface area contributed by atoms with Crippen molar-refractivity contribution in [3.8, 4) is 11.8 Å². The molecule has 0 nitrogen and oxygen atoms in total. The summed E-state index contributed by atoms with van der Waals surface area (Å²) in [5, 5.41) is 0. The zero-order valence-corrected chi connectivity index (χ0v) is 17.7. The van der Waals surface area contributed by atoms with Crippen LogP contribution in [0.3, 0.4) is 0 Å². The van der Waals surface area contributed by atoms with Gasteiger partial charge in [0.05, 0.1) is 5.56 Å². The molecule has 1 aromatic rings. The Balaban J connectivity index is 1.48. The summed E-state index contributed by atoms with van der Waals surface area (Å²) in [6, 6.07) is 3.29. The Labute approximate surface area is 170 Å². The van der Waals surface area contributed by atoms with Gasteiger partial charge in [-0.15, -0.1) is 0 Å². The predicted octanol–water partition coefficient (Wildman–Crippen LogP) is 7.68. The highest BCUT2D eigenvalue weighted by molar-refractivity contribution is 5.39. The lowest BCUT2D eigenvalue weighted by molar-refractivity contribution is 0.153. The van der Waals surface area contributed by atoms with Crippen molar-refractivity contribution in [3.05, 3.63) is 34.9 Å². The van der Waals surface area contributed by atoms with E-state index in [1.165, 1.54) is 57.8 Å². The maximum atomic E-state index is 14.1. The average Bonchev–Trinajstić information content (AvgIpc) is 2.74. The summed E-state index contributed by atoms with van der Waals surface area (Å²) in [7, 11) is 0. The summed E-state index contributed by atoms with van der Waals surface area (Å²) in [6.07, 6.45) is 15.1. The fourth-order valence-electron chi connectivity index (χ4n) is 5.31. The van der Waals surface area contributed by atoms with E-state index < -0.39 is 11.6 Å². The lowest BCUT2D eigenvalue weighted by atomic mass is 9.69. The second kappa shape index (κ2) is 10.4. The van der Waals surface area contributed by atoms with E-state index in [2.05, 4.69) is 18.8 Å². The minimum atomic E-state index is -0.777. The maximum absolute atomic E-state index is 14.1. The first-order chi connectivity index (χ1) is 13.6. The normalized spacial score (nSPS) is 27.9. The van der Waals surface area contributed by atoms with Crippen LogP contribution >= 0.6 is 0 Å². The molecule has 2 aliphatic rings. The van der Waals surface area contributed by atoms with Crippen molar-refractivity contribution in [2.24, 2.45) is 23.7 Å². The van der Waals surface area contributed by atoms with Gasteiger partial charge in [0, 0.05) is 5.92 Å². The van der Waals surface area contributed by atoms with E-state index in [1.54, 1.807) is 12.1 Å². The molecule has 0 heterocycles. The predicted molar refractivity (Wildman–Crippen MR) is 113 cm³/mol. The van der Waals surface area contributed by atoms with E-state index in [4.69, 9.17) is 0 Å². The Morgan fingerprint density at radius 1 is 0.857 bits per heavy atom. The van der Waals surface area contributed by atoms with Crippen LogP contribution in [0.1, 0.15) is 95.6 Å². The van der Waals surface area contributed by atoms with Gasteiger partial charge in [-0.05, 0) is 74.3 Å². The summed E-state index contributed by atoms with van der Waals surface area (Å²) in [4.78, 5) is 0. The first-order valence-electron chi connectivity index (χ1n) is 11.6. The second-order valence-electron chi connectivity index (χ2n) is 9.06. The molecule has 2 heteroatoms. The zero-order valence-electron chi connectivity index (χ0n) is 17.7. The van der Waals surface area contributed by atoms with Crippen LogP contribution in [0.25, 0.3) is 0 Å². The van der Waals surface area contributed by atoms with Gasteiger partial charge in [-0.2, -0.15) is 0 Å². The molecule has 0 unspecified atom stereocenters. The summed E-state index contributed by atoms with van der Waals surface area (Å²) in [6.45, 7) is 4.12. The van der Waals surface area contributed by atoms with Crippen molar-refractivity contribution in [2.75, 3.05) is 0 Å². The lowest BCUT2D eigenvalue weighted by Crippen LogP contribution is -2.25. The molecule has 0 aliphatic heterocycles. The summed E-state index contributed by atoms with van der Waals surface area (Å²) >= 11 is 0. The molecule has 0 saturated heterocycles. The Morgan fingerprint density at radius 3 is 2.11 bits per heavy atom. The number of benzene rings is 1. The summed E-state index contributed by atoms with van der Waals surface area (Å²) < 4.78 is 28.1. The smallest absolute Gasteiger partial charge is 0.174 e. The van der Waals surface area contributed by atoms with E-state index in [0.29, 0.717) is 17.9 Å². The van der Waals surface area contributed by atoms with Gasteiger partial charge in [-0.1, -0.05) is 63.9 Å². The minimum absolute atomic E-state index is 0.210. The Kier molecular flexibility index (Phi) is 7.95. The van der Waals surface area contributed by atoms with Crippen molar-refractivity contribution >= 4 is 0 Å². The SMILES string of the molecule is CCCC[C@H]1CC[C@H](C2CCC(C#Cc3ccc(CC)c(F)c3F)CC2)CC1. The van der Waals surface area contributed by atoms with E-state index in [1.807, 2.05) is 6.92 Å². The van der Waals surface area contributed by atoms with Crippen molar-refractivity contribution in [1.29, 1.82) is 0 Å². The van der Waals surface area contributed by atoms with Crippen LogP contribution < -0.4 is 0 Å². The maximum Gasteiger partial charge on any atom is 0.174 e. The van der Waals surface area contributed by atoms with Gasteiger partial charge in [0.25, 0.3) is 0 Å². The van der Waals surface area contributed by atoms with Crippen LogP contribution in [0.4, 0.5) is 8.78 Å². The van der Waals surface area contributed by atoms with E-state index in [9.17, 15) is 8.78 Å². The van der Waals surface area contributed by atoms with Crippen molar-refractivity contribution in [1.82, 2.24) is 0 Å². The van der Waals surface area contributed by atoms with Crippen LogP contribution in [0.15, 0.2) is 12.1 Å². The monoisotopic (exact) mass is 386 g/mol. The third-order valence-electron chi connectivity index (χ3n) is 7.25. The largest absolute Gasteiger partial charge is 0.203 e. The third-order valence-corrected chi connectivity index (χ3v) is 7.25. The number of hydrogen-bond donors (Lipinski definition) is 0. The molecule has 28 heavy (non-hydrogen) atoms. The molecule has 0 bridgehead atoms. The summed E-state index contributed by atoms with van der Waals surface area (Å²) in [5.41, 5.74) is 0.634. The van der Waals surface area contributed by atoms with Crippen LogP contribution in [0.5, 0.6) is 0 Å². The average molecular weight is 387 g/mol. The fourth-order valence-corrected chi connectivity index (χ4v) is 5.31. The fraction of sp³-hybridized carbons (Fsp3) is 0.692. The third kappa shape index (κ3) is 5.37. The number of rotatable bonds is 5. The highest BCUT2D eigenvalue weighted by Crippen LogP contribution is 2.42. The van der Waals surface area contributed by atoms with Crippen LogP contribution in [0, 0.1) is 47.1 Å². The van der Waals surface area contributed by atoms with E-state index in [-0.39, 0.29) is 5.56 Å². The van der Waals surface area contributed by atoms with Gasteiger partial charge >= 0.3 is 0 Å². The van der Waals surface area contributed by atoms with Crippen LogP contribution in [-0.4, -0.2) is 0 Å². The van der Waals surface area contributed by atoms with Gasteiger partial charge in [0.2, 0.25) is 0 Å². The quantitative estimate of drug-likeness (QED) is 0.455. The topological polar surface area (TPSA) is 0 Å². The van der Waals surface area contributed by atoms with Crippen molar-refractivity contribution in [3.63, 3.8) is 0 Å². The first-order valence-corrected chi connectivity index (χ1v) is 11.6. The van der Waals surface area contributed by atoms with Gasteiger partial charge in [-0.25, -0.2) is 8.78 Å². The number of unbranched alkanes of at least 4 members (excludes halogenated alkanes) is 1. The molecule has 3 rings (SSSR count). The highest BCUT2D eigenvalue weighted by atomic mass is 19.2. The molecule has 0 spiro atoms. The molecule has 2 fully saturated rings. The molecule has 0 atom stereocenters. The molecule has 2 saturated carbocycles. The van der Waals surface area contributed by atoms with Gasteiger partial charge < -0.3 is 0 Å². The Bertz CT molecular complexity index is 680. The number of aryl methyl sites for hydroxylation is 1. The minimum Gasteiger partial charge on any atom is -0.203 e. The van der Waals surface area contributed by atoms with Gasteiger partial charge in [0.15, 0.2) is 11.6 Å². The Morgan fingerprint density at radius 2 is 1.50 bits per heavy atom. The molecule has 0 N–H and O–H groups in total. The zero-order chi connectivity index (χ0) is 19.9. The standard InChI is InChI=1S/C26H36F2/c1-3-5-6-19-7-12-22(13-8-19)23-14-9-20(10-15-23)11-16-24-18-17-21(4-2)25(27)26(24)28/h17-20,22-23H,3-10,12-15H2,1-2H3/t19-,20?,22-,23?. The van der Waals surface area contributed by atoms with Gasteiger partial charge in [0.1, 0.15) is 0 Å². The molecule has 0 aromatic heterocycles. The first kappa shape index (κ1) is 21.4. The van der Waals surface area contributed by atoms with Crippen LogP contribution in [-0.2, 0) is 6.42 Å². The molecule has 0 amide bonds. The molecular formula is C26H36F2. The summed E-state index contributed by atoms with van der Waals surface area (Å²) in [5.74, 6) is 7.76. The lowest BCUT2D eigenvalue weighted by Gasteiger charge is -2.37. The number of hydrogen-bond acceptors (Lipinski definition) is 0. The molecule has 2 aliphatic carbocycles. The number of halogens is 2. The van der Waals surface area contributed by atoms with Gasteiger partial charge in [-0.3, -0.25) is 0 Å². The molecule has 1 aromatic carbocycles. The van der Waals surface area contributed by atoms with Crippen molar-refractivity contribution < 1.29 is 8.78 Å². The second-order valence-corrected chi connectivity index (χ2v) is 9.06. The van der Waals surface area contributed by atoms with E-state index >= 15 is 0 Å². The molecule has 154 valence electrons. The van der Waals surface area contributed by atoms with Crippen molar-refractivity contribution in [2.45, 2.75) is 90.9 Å².